The SMILES string of the molecule is CC(CCCCCCCCCc1ccccc1)C(O)CO. The highest BCUT2D eigenvalue weighted by Crippen LogP contribution is 2.15. The topological polar surface area (TPSA) is 40.5 Å². The molecular weight excluding hydrogens is 260 g/mol. The van der Waals surface area contributed by atoms with Crippen molar-refractivity contribution in [2.24, 2.45) is 5.92 Å². The van der Waals surface area contributed by atoms with Gasteiger partial charge in [-0.3, -0.25) is 0 Å². The van der Waals surface area contributed by atoms with Gasteiger partial charge in [0, 0.05) is 0 Å². The third-order valence-corrected chi connectivity index (χ3v) is 4.31. The predicted molar refractivity (Wildman–Crippen MR) is 89.3 cm³/mol. The van der Waals surface area contributed by atoms with Crippen molar-refractivity contribution in [2.45, 2.75) is 70.8 Å². The molecular formula is C19H32O2. The molecule has 0 aliphatic heterocycles. The van der Waals surface area contributed by atoms with E-state index < -0.39 is 6.10 Å². The fourth-order valence-electron chi connectivity index (χ4n) is 2.70. The third-order valence-electron chi connectivity index (χ3n) is 4.31. The number of unbranched alkanes of at least 4 members (excludes halogenated alkanes) is 6. The summed E-state index contributed by atoms with van der Waals surface area (Å²) < 4.78 is 0. The van der Waals surface area contributed by atoms with Crippen LogP contribution in [0.25, 0.3) is 0 Å². The van der Waals surface area contributed by atoms with Crippen LogP contribution < -0.4 is 0 Å². The molecule has 0 fully saturated rings. The summed E-state index contributed by atoms with van der Waals surface area (Å²) in [6, 6.07) is 10.7. The van der Waals surface area contributed by atoms with Crippen LogP contribution in [0, 0.1) is 5.92 Å². The van der Waals surface area contributed by atoms with Gasteiger partial charge in [0.25, 0.3) is 0 Å². The molecule has 120 valence electrons. The van der Waals surface area contributed by atoms with Crippen molar-refractivity contribution in [1.82, 2.24) is 0 Å². The van der Waals surface area contributed by atoms with Crippen LogP contribution in [0.4, 0.5) is 0 Å². The molecule has 0 aliphatic rings. The average molecular weight is 292 g/mol. The van der Waals surface area contributed by atoms with Crippen molar-refractivity contribution in [3.63, 3.8) is 0 Å². The van der Waals surface area contributed by atoms with Gasteiger partial charge in [-0.05, 0) is 30.7 Å². The molecule has 2 unspecified atom stereocenters. The van der Waals surface area contributed by atoms with E-state index in [-0.39, 0.29) is 12.5 Å². The zero-order valence-electron chi connectivity index (χ0n) is 13.5. The molecule has 0 aromatic heterocycles. The van der Waals surface area contributed by atoms with Gasteiger partial charge in [0.2, 0.25) is 0 Å². The molecule has 21 heavy (non-hydrogen) atoms. The van der Waals surface area contributed by atoms with Gasteiger partial charge in [-0.2, -0.15) is 0 Å². The molecule has 0 spiro atoms. The summed E-state index contributed by atoms with van der Waals surface area (Å²) in [5.74, 6) is 0.223. The molecule has 0 heterocycles. The highest BCUT2D eigenvalue weighted by atomic mass is 16.3. The Morgan fingerprint density at radius 3 is 2.05 bits per heavy atom. The van der Waals surface area contributed by atoms with Crippen molar-refractivity contribution in [3.05, 3.63) is 35.9 Å². The van der Waals surface area contributed by atoms with E-state index in [9.17, 15) is 5.11 Å². The summed E-state index contributed by atoms with van der Waals surface area (Å²) in [6.07, 6.45) is 10.7. The number of aliphatic hydroxyl groups excluding tert-OH is 2. The number of rotatable bonds is 12. The first-order chi connectivity index (χ1) is 10.2. The minimum atomic E-state index is -0.539. The highest BCUT2D eigenvalue weighted by Gasteiger charge is 2.11. The molecule has 1 aromatic carbocycles. The quantitative estimate of drug-likeness (QED) is 0.563. The van der Waals surface area contributed by atoms with Crippen molar-refractivity contribution in [3.8, 4) is 0 Å². The van der Waals surface area contributed by atoms with Crippen molar-refractivity contribution >= 4 is 0 Å². The van der Waals surface area contributed by atoms with Gasteiger partial charge in [-0.1, -0.05) is 75.8 Å². The minimum absolute atomic E-state index is 0.109. The Morgan fingerprint density at radius 1 is 0.857 bits per heavy atom. The molecule has 0 aliphatic carbocycles. The van der Waals surface area contributed by atoms with Crippen LogP contribution in [0.2, 0.25) is 0 Å². The van der Waals surface area contributed by atoms with Gasteiger partial charge >= 0.3 is 0 Å². The van der Waals surface area contributed by atoms with Crippen LogP contribution in [0.5, 0.6) is 0 Å². The van der Waals surface area contributed by atoms with Crippen LogP contribution in [0.3, 0.4) is 0 Å². The highest BCUT2D eigenvalue weighted by molar-refractivity contribution is 5.14. The molecule has 1 aromatic rings. The maximum Gasteiger partial charge on any atom is 0.0796 e. The molecule has 0 bridgehead atoms. The molecule has 2 atom stereocenters. The largest absolute Gasteiger partial charge is 0.394 e. The molecule has 0 saturated carbocycles. The Kier molecular flexibility index (Phi) is 10.2. The Labute approximate surface area is 130 Å². The fourth-order valence-corrected chi connectivity index (χ4v) is 2.70. The second kappa shape index (κ2) is 11.8. The summed E-state index contributed by atoms with van der Waals surface area (Å²) in [5, 5.41) is 18.3. The molecule has 0 radical (unpaired) electrons. The lowest BCUT2D eigenvalue weighted by Crippen LogP contribution is -2.21. The monoisotopic (exact) mass is 292 g/mol. The minimum Gasteiger partial charge on any atom is -0.394 e. The third kappa shape index (κ3) is 8.90. The van der Waals surface area contributed by atoms with Crippen molar-refractivity contribution in [1.29, 1.82) is 0 Å². The van der Waals surface area contributed by atoms with Crippen molar-refractivity contribution < 1.29 is 10.2 Å². The maximum absolute atomic E-state index is 9.47. The van der Waals surface area contributed by atoms with Crippen LogP contribution in [0.1, 0.15) is 63.9 Å². The van der Waals surface area contributed by atoms with E-state index in [0.29, 0.717) is 0 Å². The number of hydrogen-bond acceptors (Lipinski definition) is 2. The van der Waals surface area contributed by atoms with E-state index in [0.717, 1.165) is 6.42 Å². The second-order valence-electron chi connectivity index (χ2n) is 6.23. The van der Waals surface area contributed by atoms with E-state index >= 15 is 0 Å². The zero-order chi connectivity index (χ0) is 15.3. The summed E-state index contributed by atoms with van der Waals surface area (Å²) in [5.41, 5.74) is 1.45. The zero-order valence-corrected chi connectivity index (χ0v) is 13.5. The number of hydrogen-bond donors (Lipinski definition) is 2. The summed E-state index contributed by atoms with van der Waals surface area (Å²) in [4.78, 5) is 0. The molecule has 2 nitrogen and oxygen atoms in total. The lowest BCUT2D eigenvalue weighted by atomic mass is 9.97. The molecule has 0 saturated heterocycles. The van der Waals surface area contributed by atoms with Crippen LogP contribution in [-0.4, -0.2) is 22.9 Å². The van der Waals surface area contributed by atoms with E-state index in [4.69, 9.17) is 5.11 Å². The van der Waals surface area contributed by atoms with Crippen LogP contribution in [0.15, 0.2) is 30.3 Å². The molecule has 0 amide bonds. The summed E-state index contributed by atoms with van der Waals surface area (Å²) in [6.45, 7) is 1.91. The second-order valence-corrected chi connectivity index (χ2v) is 6.23. The average Bonchev–Trinajstić information content (AvgIpc) is 2.53. The first-order valence-corrected chi connectivity index (χ1v) is 8.57. The Balaban J connectivity index is 1.87. The maximum atomic E-state index is 9.47. The first kappa shape index (κ1) is 18.2. The van der Waals surface area contributed by atoms with E-state index in [1.807, 2.05) is 6.92 Å². The molecule has 1 rings (SSSR count). The summed E-state index contributed by atoms with van der Waals surface area (Å²) >= 11 is 0. The van der Waals surface area contributed by atoms with Crippen LogP contribution in [-0.2, 0) is 6.42 Å². The first-order valence-electron chi connectivity index (χ1n) is 8.57. The molecule has 2 heteroatoms. The van der Waals surface area contributed by atoms with Gasteiger partial charge < -0.3 is 10.2 Å². The van der Waals surface area contributed by atoms with E-state index in [1.165, 1.54) is 56.9 Å². The van der Waals surface area contributed by atoms with E-state index in [2.05, 4.69) is 30.3 Å². The van der Waals surface area contributed by atoms with Gasteiger partial charge in [-0.25, -0.2) is 0 Å². The fraction of sp³-hybridized carbons (Fsp3) is 0.684. The van der Waals surface area contributed by atoms with E-state index in [1.54, 1.807) is 0 Å². The Hall–Kier alpha value is -0.860. The normalized spacial score (nSPS) is 14.0. The molecule has 2 N–H and O–H groups in total. The predicted octanol–water partition coefficient (Wildman–Crippen LogP) is 4.34. The van der Waals surface area contributed by atoms with Crippen molar-refractivity contribution in [2.75, 3.05) is 6.61 Å². The van der Waals surface area contributed by atoms with Gasteiger partial charge in [-0.15, -0.1) is 0 Å². The smallest absolute Gasteiger partial charge is 0.0796 e. The lowest BCUT2D eigenvalue weighted by Gasteiger charge is -2.15. The number of benzene rings is 1. The standard InChI is InChI=1S/C19H32O2/c1-17(19(21)16-20)12-8-5-3-2-4-6-9-13-18-14-10-7-11-15-18/h7,10-11,14-15,17,19-21H,2-6,8-9,12-13,16H2,1H3. The van der Waals surface area contributed by atoms with Crippen LogP contribution >= 0.6 is 0 Å². The Bertz CT molecular complexity index is 337. The van der Waals surface area contributed by atoms with Gasteiger partial charge in [0.1, 0.15) is 0 Å². The number of aliphatic hydroxyl groups is 2. The number of aryl methyl sites for hydroxylation is 1. The Morgan fingerprint density at radius 2 is 1.43 bits per heavy atom. The van der Waals surface area contributed by atoms with Gasteiger partial charge in [0.15, 0.2) is 0 Å². The lowest BCUT2D eigenvalue weighted by molar-refractivity contribution is 0.0495. The van der Waals surface area contributed by atoms with Gasteiger partial charge in [0.05, 0.1) is 12.7 Å². The summed E-state index contributed by atoms with van der Waals surface area (Å²) in [7, 11) is 0.